The van der Waals surface area contributed by atoms with Crippen molar-refractivity contribution >= 4 is 22.2 Å². The third-order valence-electron chi connectivity index (χ3n) is 4.05. The van der Waals surface area contributed by atoms with Crippen LogP contribution in [0.1, 0.15) is 0 Å². The number of hydrogen-bond donors (Lipinski definition) is 1. The number of rotatable bonds is 6. The van der Waals surface area contributed by atoms with Gasteiger partial charge in [0, 0.05) is 35.8 Å². The first kappa shape index (κ1) is 17.4. The molecule has 1 N–H and O–H groups in total. The molecule has 0 aliphatic rings. The first-order chi connectivity index (χ1) is 13.2. The molecule has 136 valence electrons. The number of hydrogen-bond acceptors (Lipinski definition) is 6. The quantitative estimate of drug-likeness (QED) is 0.517. The highest BCUT2D eigenvalue weighted by Crippen LogP contribution is 2.29. The van der Waals surface area contributed by atoms with Gasteiger partial charge in [-0.15, -0.1) is 11.3 Å². The number of aromatic nitrogens is 3. The number of aromatic amines is 1. The molecule has 7 heteroatoms. The average molecular weight is 379 g/mol. The maximum Gasteiger partial charge on any atom is 0.257 e. The minimum Gasteiger partial charge on any atom is -0.475 e. The van der Waals surface area contributed by atoms with Crippen LogP contribution in [-0.4, -0.2) is 35.3 Å². The van der Waals surface area contributed by atoms with Crippen molar-refractivity contribution in [2.75, 3.05) is 20.3 Å². The monoisotopic (exact) mass is 379 g/mol. The molecule has 0 saturated carbocycles. The van der Waals surface area contributed by atoms with Crippen LogP contribution in [0.15, 0.2) is 58.8 Å². The first-order valence-corrected chi connectivity index (χ1v) is 9.29. The third-order valence-corrected chi connectivity index (χ3v) is 4.94. The molecule has 3 aromatic heterocycles. The normalized spacial score (nSPS) is 11.0. The molecule has 0 aliphatic heterocycles. The van der Waals surface area contributed by atoms with Crippen molar-refractivity contribution in [3.05, 3.63) is 64.4 Å². The predicted octanol–water partition coefficient (Wildman–Crippen LogP) is 3.74. The molecule has 4 rings (SSSR count). The molecule has 0 atom stereocenters. The van der Waals surface area contributed by atoms with Crippen LogP contribution in [0.25, 0.3) is 32.7 Å². The number of para-hydroxylation sites is 1. The van der Waals surface area contributed by atoms with Crippen LogP contribution in [0.2, 0.25) is 0 Å². The number of ether oxygens (including phenoxy) is 2. The van der Waals surface area contributed by atoms with Crippen molar-refractivity contribution < 1.29 is 9.47 Å². The summed E-state index contributed by atoms with van der Waals surface area (Å²) in [5, 5.41) is 3.66. The Morgan fingerprint density at radius 3 is 2.93 bits per heavy atom. The van der Waals surface area contributed by atoms with Gasteiger partial charge in [-0.05, 0) is 23.6 Å². The van der Waals surface area contributed by atoms with Crippen LogP contribution in [0.5, 0.6) is 5.88 Å². The molecule has 0 saturated heterocycles. The number of H-pyrrole nitrogens is 1. The molecule has 4 aromatic rings. The Morgan fingerprint density at radius 2 is 2.04 bits per heavy atom. The molecule has 0 fully saturated rings. The lowest BCUT2D eigenvalue weighted by Gasteiger charge is -2.05. The minimum absolute atomic E-state index is 0.149. The highest BCUT2D eigenvalue weighted by molar-refractivity contribution is 7.13. The van der Waals surface area contributed by atoms with Crippen molar-refractivity contribution in [2.45, 2.75) is 0 Å². The highest BCUT2D eigenvalue weighted by atomic mass is 32.1. The van der Waals surface area contributed by atoms with E-state index in [9.17, 15) is 4.79 Å². The van der Waals surface area contributed by atoms with E-state index in [1.165, 1.54) is 11.3 Å². The van der Waals surface area contributed by atoms with Gasteiger partial charge < -0.3 is 14.5 Å². The van der Waals surface area contributed by atoms with Crippen LogP contribution in [-0.2, 0) is 4.74 Å². The molecule has 3 heterocycles. The highest BCUT2D eigenvalue weighted by Gasteiger charge is 2.12. The van der Waals surface area contributed by atoms with Crippen LogP contribution >= 0.6 is 11.3 Å². The summed E-state index contributed by atoms with van der Waals surface area (Å²) >= 11 is 1.48. The van der Waals surface area contributed by atoms with Gasteiger partial charge in [-0.1, -0.05) is 18.2 Å². The van der Waals surface area contributed by atoms with Gasteiger partial charge in [0.15, 0.2) is 0 Å². The Balaban J connectivity index is 1.65. The molecule has 0 radical (unpaired) electrons. The van der Waals surface area contributed by atoms with E-state index in [-0.39, 0.29) is 5.56 Å². The fourth-order valence-corrected chi connectivity index (χ4v) is 3.54. The number of benzene rings is 1. The van der Waals surface area contributed by atoms with Gasteiger partial charge in [0.1, 0.15) is 11.6 Å². The standard InChI is InChI=1S/C20H17N3O3S/c1-25-8-9-26-18-11-14(6-7-21-18)20-23-17(12-27-20)15-10-13-4-2-3-5-16(13)22-19(15)24/h2-7,10-12H,8-9H2,1H3,(H,22,24). The molecule has 0 amide bonds. The number of methoxy groups -OCH3 is 1. The first-order valence-electron chi connectivity index (χ1n) is 8.41. The largest absolute Gasteiger partial charge is 0.475 e. The summed E-state index contributed by atoms with van der Waals surface area (Å²) < 4.78 is 10.5. The third kappa shape index (κ3) is 3.74. The van der Waals surface area contributed by atoms with Gasteiger partial charge in [0.05, 0.1) is 17.9 Å². The molecule has 1 aromatic carbocycles. The number of nitrogens with one attached hydrogen (secondary N) is 1. The zero-order valence-corrected chi connectivity index (χ0v) is 15.5. The maximum absolute atomic E-state index is 12.4. The van der Waals surface area contributed by atoms with Crippen LogP contribution in [0, 0.1) is 0 Å². The van der Waals surface area contributed by atoms with Crippen LogP contribution in [0.3, 0.4) is 0 Å². The van der Waals surface area contributed by atoms with Crippen LogP contribution < -0.4 is 10.3 Å². The van der Waals surface area contributed by atoms with Crippen molar-refractivity contribution in [3.8, 4) is 27.7 Å². The second kappa shape index (κ2) is 7.69. The Labute approximate surface area is 159 Å². The van der Waals surface area contributed by atoms with Crippen molar-refractivity contribution in [3.63, 3.8) is 0 Å². The Bertz CT molecular complexity index is 1140. The molecular formula is C20H17N3O3S. The van der Waals surface area contributed by atoms with E-state index in [4.69, 9.17) is 9.47 Å². The van der Waals surface area contributed by atoms with E-state index < -0.39 is 0 Å². The molecular weight excluding hydrogens is 362 g/mol. The van der Waals surface area contributed by atoms with Crippen LogP contribution in [0.4, 0.5) is 0 Å². The molecule has 27 heavy (non-hydrogen) atoms. The summed E-state index contributed by atoms with van der Waals surface area (Å²) in [6, 6.07) is 13.3. The maximum atomic E-state index is 12.4. The number of fused-ring (bicyclic) bond motifs is 1. The van der Waals surface area contributed by atoms with Gasteiger partial charge in [0.25, 0.3) is 5.56 Å². The van der Waals surface area contributed by atoms with Crippen molar-refractivity contribution in [1.29, 1.82) is 0 Å². The molecule has 0 aliphatic carbocycles. The zero-order valence-electron chi connectivity index (χ0n) is 14.6. The lowest BCUT2D eigenvalue weighted by Crippen LogP contribution is -2.08. The number of pyridine rings is 2. The lowest BCUT2D eigenvalue weighted by molar-refractivity contribution is 0.144. The van der Waals surface area contributed by atoms with Crippen molar-refractivity contribution in [1.82, 2.24) is 15.0 Å². The molecule has 0 bridgehead atoms. The topological polar surface area (TPSA) is 77.1 Å². The zero-order chi connectivity index (χ0) is 18.6. The summed E-state index contributed by atoms with van der Waals surface area (Å²) in [5.74, 6) is 0.518. The predicted molar refractivity (Wildman–Crippen MR) is 106 cm³/mol. The second-order valence-electron chi connectivity index (χ2n) is 5.86. The Kier molecular flexibility index (Phi) is 4.95. The van der Waals surface area contributed by atoms with E-state index in [1.54, 1.807) is 13.3 Å². The van der Waals surface area contributed by atoms with Gasteiger partial charge in [0.2, 0.25) is 5.88 Å². The molecule has 0 unspecified atom stereocenters. The number of nitrogens with zero attached hydrogens (tertiary/aromatic N) is 2. The van der Waals surface area contributed by atoms with E-state index in [1.807, 2.05) is 47.8 Å². The second-order valence-corrected chi connectivity index (χ2v) is 6.72. The molecule has 0 spiro atoms. The van der Waals surface area contributed by atoms with E-state index in [0.29, 0.717) is 30.4 Å². The van der Waals surface area contributed by atoms with E-state index >= 15 is 0 Å². The SMILES string of the molecule is COCCOc1cc(-c2nc(-c3cc4ccccc4[nH]c3=O)cs2)ccn1. The molecule has 6 nitrogen and oxygen atoms in total. The van der Waals surface area contributed by atoms with Gasteiger partial charge in [-0.3, -0.25) is 4.79 Å². The summed E-state index contributed by atoms with van der Waals surface area (Å²) in [5.41, 5.74) is 2.77. The summed E-state index contributed by atoms with van der Waals surface area (Å²) in [6.07, 6.45) is 1.68. The number of thiazole rings is 1. The van der Waals surface area contributed by atoms with E-state index in [2.05, 4.69) is 15.0 Å². The average Bonchev–Trinajstić information content (AvgIpc) is 3.18. The summed E-state index contributed by atoms with van der Waals surface area (Å²) in [4.78, 5) is 24.2. The minimum atomic E-state index is -0.149. The smallest absolute Gasteiger partial charge is 0.257 e. The summed E-state index contributed by atoms with van der Waals surface area (Å²) in [7, 11) is 1.62. The van der Waals surface area contributed by atoms with Gasteiger partial charge in [-0.25, -0.2) is 9.97 Å². The fourth-order valence-electron chi connectivity index (χ4n) is 2.72. The van der Waals surface area contributed by atoms with Crippen molar-refractivity contribution in [2.24, 2.45) is 0 Å². The lowest BCUT2D eigenvalue weighted by atomic mass is 10.1. The Hall–Kier alpha value is -3.03. The Morgan fingerprint density at radius 1 is 1.15 bits per heavy atom. The van der Waals surface area contributed by atoms with E-state index in [0.717, 1.165) is 21.5 Å². The van der Waals surface area contributed by atoms with Gasteiger partial charge in [-0.2, -0.15) is 0 Å². The fraction of sp³-hybridized carbons (Fsp3) is 0.150. The van der Waals surface area contributed by atoms with Gasteiger partial charge >= 0.3 is 0 Å². The summed E-state index contributed by atoms with van der Waals surface area (Å²) in [6.45, 7) is 0.931.